The van der Waals surface area contributed by atoms with Crippen LogP contribution in [0.4, 0.5) is 0 Å². The molecule has 0 aliphatic carbocycles. The number of nitrogens with zero attached hydrogens (tertiary/aromatic N) is 5. The summed E-state index contributed by atoms with van der Waals surface area (Å²) in [5.41, 5.74) is 0.946. The lowest BCUT2D eigenvalue weighted by atomic mass is 10.0. The van der Waals surface area contributed by atoms with E-state index >= 15 is 0 Å². The molecule has 4 heterocycles. The minimum atomic E-state index is 0.767. The molecule has 0 amide bonds. The number of nitrogens with one attached hydrogen (secondary N) is 1. The Labute approximate surface area is 126 Å². The Morgan fingerprint density at radius 2 is 2.38 bits per heavy atom. The highest BCUT2D eigenvalue weighted by atomic mass is 32.1. The molecule has 7 heteroatoms. The normalized spacial score (nSPS) is 18.6. The van der Waals surface area contributed by atoms with Crippen molar-refractivity contribution in [1.82, 2.24) is 30.1 Å². The number of rotatable bonds is 4. The van der Waals surface area contributed by atoms with Gasteiger partial charge in [-0.1, -0.05) is 11.3 Å². The van der Waals surface area contributed by atoms with Crippen molar-refractivity contribution >= 4 is 16.3 Å². The SMILES string of the molecule is c1cncc(-c2nnc3sc(CCC4CCNC4)nn23)c1. The van der Waals surface area contributed by atoms with Crippen LogP contribution in [0.5, 0.6) is 0 Å². The van der Waals surface area contributed by atoms with Crippen molar-refractivity contribution in [2.45, 2.75) is 19.3 Å². The van der Waals surface area contributed by atoms with Crippen LogP contribution in [0.2, 0.25) is 0 Å². The summed E-state index contributed by atoms with van der Waals surface area (Å²) in [7, 11) is 0. The van der Waals surface area contributed by atoms with Gasteiger partial charge in [0.2, 0.25) is 4.96 Å². The average molecular weight is 300 g/mol. The molecule has 0 radical (unpaired) electrons. The Kier molecular flexibility index (Phi) is 3.36. The predicted molar refractivity (Wildman–Crippen MR) is 81.2 cm³/mol. The first-order valence-electron chi connectivity index (χ1n) is 7.22. The van der Waals surface area contributed by atoms with Gasteiger partial charge in [-0.25, -0.2) is 0 Å². The van der Waals surface area contributed by atoms with Gasteiger partial charge in [0.25, 0.3) is 0 Å². The molecule has 4 rings (SSSR count). The van der Waals surface area contributed by atoms with E-state index < -0.39 is 0 Å². The van der Waals surface area contributed by atoms with Gasteiger partial charge < -0.3 is 5.32 Å². The summed E-state index contributed by atoms with van der Waals surface area (Å²) in [6, 6.07) is 3.88. The Balaban J connectivity index is 1.57. The monoisotopic (exact) mass is 300 g/mol. The zero-order chi connectivity index (χ0) is 14.1. The van der Waals surface area contributed by atoms with Gasteiger partial charge in [-0.2, -0.15) is 9.61 Å². The molecule has 0 spiro atoms. The molecule has 1 aliphatic rings. The predicted octanol–water partition coefficient (Wildman–Crippen LogP) is 1.79. The van der Waals surface area contributed by atoms with Crippen molar-refractivity contribution in [3.8, 4) is 11.4 Å². The van der Waals surface area contributed by atoms with Crippen molar-refractivity contribution in [2.75, 3.05) is 13.1 Å². The van der Waals surface area contributed by atoms with Crippen molar-refractivity contribution in [3.63, 3.8) is 0 Å². The van der Waals surface area contributed by atoms with Crippen molar-refractivity contribution in [3.05, 3.63) is 29.5 Å². The van der Waals surface area contributed by atoms with Crippen LogP contribution < -0.4 is 5.32 Å². The lowest BCUT2D eigenvalue weighted by molar-refractivity contribution is 0.530. The van der Waals surface area contributed by atoms with Crippen LogP contribution in [-0.2, 0) is 6.42 Å². The molecular formula is C14H16N6S. The molecule has 1 fully saturated rings. The summed E-state index contributed by atoms with van der Waals surface area (Å²) < 4.78 is 1.84. The summed E-state index contributed by atoms with van der Waals surface area (Å²) in [6.45, 7) is 2.30. The molecule has 108 valence electrons. The fourth-order valence-electron chi connectivity index (χ4n) is 2.72. The van der Waals surface area contributed by atoms with E-state index in [1.54, 1.807) is 23.7 Å². The Morgan fingerprint density at radius 3 is 3.19 bits per heavy atom. The van der Waals surface area contributed by atoms with Crippen LogP contribution in [-0.4, -0.2) is 37.9 Å². The van der Waals surface area contributed by atoms with Crippen LogP contribution >= 0.6 is 11.3 Å². The lowest BCUT2D eigenvalue weighted by Gasteiger charge is -2.04. The number of hydrogen-bond acceptors (Lipinski definition) is 6. The topological polar surface area (TPSA) is 68.0 Å². The number of aryl methyl sites for hydroxylation is 1. The summed E-state index contributed by atoms with van der Waals surface area (Å²) in [5, 5.41) is 17.7. The number of hydrogen-bond donors (Lipinski definition) is 1. The maximum absolute atomic E-state index is 4.67. The Hall–Kier alpha value is -1.86. The highest BCUT2D eigenvalue weighted by Crippen LogP contribution is 2.23. The molecule has 3 aromatic rings. The molecular weight excluding hydrogens is 284 g/mol. The van der Waals surface area contributed by atoms with Crippen LogP contribution in [0.1, 0.15) is 17.8 Å². The van der Waals surface area contributed by atoms with Gasteiger partial charge in [0, 0.05) is 24.4 Å². The Morgan fingerprint density at radius 1 is 1.38 bits per heavy atom. The van der Waals surface area contributed by atoms with Crippen molar-refractivity contribution in [2.24, 2.45) is 5.92 Å². The second-order valence-corrected chi connectivity index (χ2v) is 6.39. The molecule has 1 saturated heterocycles. The largest absolute Gasteiger partial charge is 0.316 e. The van der Waals surface area contributed by atoms with E-state index in [0.29, 0.717) is 0 Å². The fraction of sp³-hybridized carbons (Fsp3) is 0.429. The van der Waals surface area contributed by atoms with Crippen LogP contribution in [0.25, 0.3) is 16.3 Å². The minimum absolute atomic E-state index is 0.767. The maximum Gasteiger partial charge on any atom is 0.234 e. The van der Waals surface area contributed by atoms with Crippen LogP contribution in [0.3, 0.4) is 0 Å². The van der Waals surface area contributed by atoms with Crippen molar-refractivity contribution < 1.29 is 0 Å². The average Bonchev–Trinajstić information content (AvgIpc) is 3.22. The molecule has 3 aromatic heterocycles. The van der Waals surface area contributed by atoms with Crippen LogP contribution in [0, 0.1) is 5.92 Å². The quantitative estimate of drug-likeness (QED) is 0.795. The van der Waals surface area contributed by atoms with E-state index in [-0.39, 0.29) is 0 Å². The second-order valence-electron chi connectivity index (χ2n) is 5.35. The summed E-state index contributed by atoms with van der Waals surface area (Å²) in [4.78, 5) is 4.99. The van der Waals surface area contributed by atoms with E-state index in [0.717, 1.165) is 46.8 Å². The third kappa shape index (κ3) is 2.54. The number of fused-ring (bicyclic) bond motifs is 1. The zero-order valence-electron chi connectivity index (χ0n) is 11.6. The van der Waals surface area contributed by atoms with E-state index in [1.165, 1.54) is 12.8 Å². The van der Waals surface area contributed by atoms with Gasteiger partial charge in [-0.3, -0.25) is 4.98 Å². The number of aromatic nitrogens is 5. The molecule has 0 saturated carbocycles. The van der Waals surface area contributed by atoms with E-state index in [2.05, 4.69) is 25.6 Å². The van der Waals surface area contributed by atoms with E-state index in [4.69, 9.17) is 0 Å². The molecule has 6 nitrogen and oxygen atoms in total. The standard InChI is InChI=1S/C14H16N6S/c1-2-11(9-15-6-1)13-17-18-14-20(13)19-12(21-14)4-3-10-5-7-16-8-10/h1-2,6,9-10,16H,3-5,7-8H2. The first-order valence-corrected chi connectivity index (χ1v) is 8.04. The van der Waals surface area contributed by atoms with Gasteiger partial charge in [0.1, 0.15) is 5.01 Å². The minimum Gasteiger partial charge on any atom is -0.316 e. The Bertz CT molecular complexity index is 728. The molecule has 1 unspecified atom stereocenters. The molecule has 21 heavy (non-hydrogen) atoms. The van der Waals surface area contributed by atoms with Crippen molar-refractivity contribution in [1.29, 1.82) is 0 Å². The fourth-order valence-corrected chi connectivity index (χ4v) is 3.57. The smallest absolute Gasteiger partial charge is 0.234 e. The molecule has 1 aliphatic heterocycles. The first-order chi connectivity index (χ1) is 10.4. The van der Waals surface area contributed by atoms with Gasteiger partial charge in [-0.15, -0.1) is 10.2 Å². The number of pyridine rings is 1. The molecule has 1 atom stereocenters. The lowest BCUT2D eigenvalue weighted by Crippen LogP contribution is -2.09. The highest BCUT2D eigenvalue weighted by Gasteiger charge is 2.17. The third-order valence-electron chi connectivity index (χ3n) is 3.88. The van der Waals surface area contributed by atoms with E-state index in [1.807, 2.05) is 16.6 Å². The van der Waals surface area contributed by atoms with Gasteiger partial charge in [0.15, 0.2) is 5.82 Å². The molecule has 0 bridgehead atoms. The van der Waals surface area contributed by atoms with Crippen LogP contribution in [0.15, 0.2) is 24.5 Å². The highest BCUT2D eigenvalue weighted by molar-refractivity contribution is 7.16. The molecule has 0 aromatic carbocycles. The second kappa shape index (κ2) is 5.50. The van der Waals surface area contributed by atoms with Gasteiger partial charge in [0.05, 0.1) is 0 Å². The maximum atomic E-state index is 4.67. The summed E-state index contributed by atoms with van der Waals surface area (Å²) >= 11 is 1.63. The van der Waals surface area contributed by atoms with E-state index in [9.17, 15) is 0 Å². The summed E-state index contributed by atoms with van der Waals surface area (Å²) in [5.74, 6) is 1.56. The zero-order valence-corrected chi connectivity index (χ0v) is 12.4. The van der Waals surface area contributed by atoms with Gasteiger partial charge >= 0.3 is 0 Å². The molecule has 1 N–H and O–H groups in total. The first kappa shape index (κ1) is 12.8. The van der Waals surface area contributed by atoms with Gasteiger partial charge in [-0.05, 0) is 44.0 Å². The summed E-state index contributed by atoms with van der Waals surface area (Å²) in [6.07, 6.45) is 7.04. The third-order valence-corrected chi connectivity index (χ3v) is 4.84.